The minimum Gasteiger partial charge on any atom is -0.497 e. The van der Waals surface area contributed by atoms with Crippen LogP contribution in [0.15, 0.2) is 29.6 Å². The van der Waals surface area contributed by atoms with E-state index >= 15 is 0 Å². The highest BCUT2D eigenvalue weighted by molar-refractivity contribution is 7.14. The zero-order valence-corrected chi connectivity index (χ0v) is 13.3. The molecule has 0 aliphatic rings. The maximum absolute atomic E-state index is 12.1. The van der Waals surface area contributed by atoms with E-state index in [2.05, 4.69) is 15.0 Å². The number of ether oxygens (including phenoxy) is 2. The van der Waals surface area contributed by atoms with Crippen molar-refractivity contribution in [3.8, 4) is 5.75 Å². The fourth-order valence-corrected chi connectivity index (χ4v) is 2.33. The van der Waals surface area contributed by atoms with Crippen LogP contribution in [0, 0.1) is 0 Å². The number of benzene rings is 1. The average Bonchev–Trinajstić information content (AvgIpc) is 3.02. The second-order valence-electron chi connectivity index (χ2n) is 4.27. The van der Waals surface area contributed by atoms with E-state index < -0.39 is 11.8 Å². The molecule has 0 spiro atoms. The zero-order chi connectivity index (χ0) is 16.8. The molecular weight excluding hydrogens is 320 g/mol. The minimum atomic E-state index is -0.967. The van der Waals surface area contributed by atoms with Gasteiger partial charge in [0.15, 0.2) is 5.13 Å². The van der Waals surface area contributed by atoms with Gasteiger partial charge in [0.1, 0.15) is 11.4 Å². The topological polar surface area (TPSA) is 94.6 Å². The SMILES string of the molecule is CCOC(=O)C(=O)c1csc(NC(=O)c2ccc(OC)cc2)n1. The standard InChI is InChI=1S/C15H14N2O5S/c1-3-22-14(20)12(18)11-8-23-15(16-11)17-13(19)9-4-6-10(21-2)7-5-9/h4-8H,3H2,1-2H3,(H,16,17,19). The number of thiazole rings is 1. The first kappa shape index (κ1) is 16.6. The van der Waals surface area contributed by atoms with Crippen LogP contribution in [0.2, 0.25) is 0 Å². The van der Waals surface area contributed by atoms with Gasteiger partial charge in [-0.1, -0.05) is 0 Å². The lowest BCUT2D eigenvalue weighted by atomic mass is 10.2. The fraction of sp³-hybridized carbons (Fsp3) is 0.200. The number of anilines is 1. The number of ketones is 1. The summed E-state index contributed by atoms with van der Waals surface area (Å²) in [7, 11) is 1.53. The van der Waals surface area contributed by atoms with Gasteiger partial charge in [0, 0.05) is 10.9 Å². The number of carbonyl (C=O) groups excluding carboxylic acids is 3. The normalized spacial score (nSPS) is 10.0. The predicted octanol–water partition coefficient (Wildman–Crippen LogP) is 2.15. The minimum absolute atomic E-state index is 0.0570. The number of hydrogen-bond acceptors (Lipinski definition) is 7. The Labute approximate surface area is 136 Å². The Morgan fingerprint density at radius 2 is 1.91 bits per heavy atom. The third-order valence-corrected chi connectivity index (χ3v) is 3.53. The quantitative estimate of drug-likeness (QED) is 0.494. The molecule has 1 aromatic heterocycles. The molecule has 0 unspecified atom stereocenters. The van der Waals surface area contributed by atoms with E-state index in [-0.39, 0.29) is 23.3 Å². The number of aromatic nitrogens is 1. The van der Waals surface area contributed by atoms with Gasteiger partial charge in [-0.25, -0.2) is 9.78 Å². The van der Waals surface area contributed by atoms with Crippen molar-refractivity contribution in [3.05, 3.63) is 40.9 Å². The number of hydrogen-bond donors (Lipinski definition) is 1. The number of nitrogens with one attached hydrogen (secondary N) is 1. The zero-order valence-electron chi connectivity index (χ0n) is 12.5. The van der Waals surface area contributed by atoms with Gasteiger partial charge in [-0.05, 0) is 31.2 Å². The Morgan fingerprint density at radius 3 is 2.52 bits per heavy atom. The molecule has 1 N–H and O–H groups in total. The Bertz CT molecular complexity index is 724. The molecule has 1 aromatic carbocycles. The summed E-state index contributed by atoms with van der Waals surface area (Å²) in [6, 6.07) is 6.53. The molecule has 0 radical (unpaired) electrons. The maximum atomic E-state index is 12.1. The summed E-state index contributed by atoms with van der Waals surface area (Å²) in [5.74, 6) is -1.55. The highest BCUT2D eigenvalue weighted by atomic mass is 32.1. The number of methoxy groups -OCH3 is 1. The maximum Gasteiger partial charge on any atom is 0.381 e. The Balaban J connectivity index is 2.04. The molecule has 0 saturated heterocycles. The van der Waals surface area contributed by atoms with Crippen molar-refractivity contribution in [2.75, 3.05) is 19.0 Å². The van der Waals surface area contributed by atoms with Gasteiger partial charge >= 0.3 is 5.97 Å². The van der Waals surface area contributed by atoms with Crippen LogP contribution in [0.3, 0.4) is 0 Å². The van der Waals surface area contributed by atoms with Crippen LogP contribution in [0.1, 0.15) is 27.8 Å². The number of amides is 1. The van der Waals surface area contributed by atoms with E-state index in [1.54, 1.807) is 31.2 Å². The lowest BCUT2D eigenvalue weighted by molar-refractivity contribution is -0.137. The summed E-state index contributed by atoms with van der Waals surface area (Å²) >= 11 is 1.05. The van der Waals surface area contributed by atoms with Crippen LogP contribution in [0.4, 0.5) is 5.13 Å². The van der Waals surface area contributed by atoms with Gasteiger partial charge in [0.2, 0.25) is 0 Å². The summed E-state index contributed by atoms with van der Waals surface area (Å²) in [6.07, 6.45) is 0. The molecule has 0 fully saturated rings. The largest absolute Gasteiger partial charge is 0.497 e. The molecule has 0 aliphatic carbocycles. The molecule has 2 rings (SSSR count). The van der Waals surface area contributed by atoms with Crippen LogP contribution in [0.25, 0.3) is 0 Å². The number of rotatable bonds is 6. The summed E-state index contributed by atoms with van der Waals surface area (Å²) < 4.78 is 9.63. The van der Waals surface area contributed by atoms with Crippen LogP contribution in [-0.2, 0) is 9.53 Å². The van der Waals surface area contributed by atoms with E-state index in [1.165, 1.54) is 12.5 Å². The lowest BCUT2D eigenvalue weighted by Gasteiger charge is -2.03. The van der Waals surface area contributed by atoms with Crippen molar-refractivity contribution < 1.29 is 23.9 Å². The smallest absolute Gasteiger partial charge is 0.381 e. The molecule has 0 atom stereocenters. The fourth-order valence-electron chi connectivity index (χ4n) is 1.65. The third-order valence-electron chi connectivity index (χ3n) is 2.77. The summed E-state index contributed by atoms with van der Waals surface area (Å²) in [5, 5.41) is 4.18. The second-order valence-corrected chi connectivity index (χ2v) is 5.13. The van der Waals surface area contributed by atoms with Crippen molar-refractivity contribution in [1.29, 1.82) is 0 Å². The van der Waals surface area contributed by atoms with Crippen LogP contribution < -0.4 is 10.1 Å². The molecule has 1 amide bonds. The number of esters is 1. The highest BCUT2D eigenvalue weighted by Crippen LogP contribution is 2.18. The van der Waals surface area contributed by atoms with Crippen LogP contribution >= 0.6 is 11.3 Å². The highest BCUT2D eigenvalue weighted by Gasteiger charge is 2.21. The van der Waals surface area contributed by atoms with Crippen LogP contribution in [0.5, 0.6) is 5.75 Å². The van der Waals surface area contributed by atoms with Gasteiger partial charge in [0.25, 0.3) is 11.7 Å². The van der Waals surface area contributed by atoms with E-state index in [0.717, 1.165) is 11.3 Å². The molecule has 0 bridgehead atoms. The van der Waals surface area contributed by atoms with Crippen molar-refractivity contribution in [2.45, 2.75) is 6.92 Å². The third kappa shape index (κ3) is 4.13. The predicted molar refractivity (Wildman–Crippen MR) is 84.0 cm³/mol. The first-order valence-corrected chi connectivity index (χ1v) is 7.55. The van der Waals surface area contributed by atoms with Gasteiger partial charge in [0.05, 0.1) is 13.7 Å². The van der Waals surface area contributed by atoms with Crippen molar-refractivity contribution in [3.63, 3.8) is 0 Å². The molecular formula is C15H14N2O5S. The van der Waals surface area contributed by atoms with E-state index in [9.17, 15) is 14.4 Å². The number of nitrogens with zero attached hydrogens (tertiary/aromatic N) is 1. The molecule has 8 heteroatoms. The molecule has 0 saturated carbocycles. The number of Topliss-reactive ketones (excluding diaryl/α,β-unsaturated/α-hetero) is 1. The first-order chi connectivity index (χ1) is 11.0. The monoisotopic (exact) mass is 334 g/mol. The summed E-state index contributed by atoms with van der Waals surface area (Å²) in [6.45, 7) is 1.71. The van der Waals surface area contributed by atoms with Gasteiger partial charge < -0.3 is 9.47 Å². The Morgan fingerprint density at radius 1 is 1.22 bits per heavy atom. The van der Waals surface area contributed by atoms with Gasteiger partial charge in [-0.15, -0.1) is 11.3 Å². The van der Waals surface area contributed by atoms with Crippen molar-refractivity contribution in [1.82, 2.24) is 4.98 Å². The van der Waals surface area contributed by atoms with Gasteiger partial charge in [-0.3, -0.25) is 14.9 Å². The summed E-state index contributed by atoms with van der Waals surface area (Å²) in [5.41, 5.74) is 0.359. The summed E-state index contributed by atoms with van der Waals surface area (Å²) in [4.78, 5) is 39.1. The molecule has 2 aromatic rings. The van der Waals surface area contributed by atoms with E-state index in [0.29, 0.717) is 11.3 Å². The molecule has 0 aliphatic heterocycles. The first-order valence-electron chi connectivity index (χ1n) is 6.67. The van der Waals surface area contributed by atoms with Gasteiger partial charge in [-0.2, -0.15) is 0 Å². The molecule has 7 nitrogen and oxygen atoms in total. The second kappa shape index (κ2) is 7.50. The number of carbonyl (C=O) groups is 3. The molecule has 120 valence electrons. The Hall–Kier alpha value is -2.74. The average molecular weight is 334 g/mol. The molecule has 23 heavy (non-hydrogen) atoms. The molecule has 1 heterocycles. The van der Waals surface area contributed by atoms with Crippen molar-refractivity contribution >= 4 is 34.1 Å². The lowest BCUT2D eigenvalue weighted by Crippen LogP contribution is -2.18. The van der Waals surface area contributed by atoms with Crippen molar-refractivity contribution in [2.24, 2.45) is 0 Å². The Kier molecular flexibility index (Phi) is 5.42. The van der Waals surface area contributed by atoms with E-state index in [1.807, 2.05) is 0 Å². The van der Waals surface area contributed by atoms with Crippen LogP contribution in [-0.4, -0.2) is 36.4 Å². The van der Waals surface area contributed by atoms with E-state index in [4.69, 9.17) is 4.74 Å².